The smallest absolute Gasteiger partial charge is 0.333 e. The minimum absolute atomic E-state index is 0. The topological polar surface area (TPSA) is 56.2 Å². The van der Waals surface area contributed by atoms with Gasteiger partial charge in [0.05, 0.1) is 0 Å². The van der Waals surface area contributed by atoms with Crippen LogP contribution in [-0.4, -0.2) is 0 Å². The molecule has 0 unspecified atom stereocenters. The van der Waals surface area contributed by atoms with Crippen LogP contribution in [0.15, 0.2) is 21.3 Å². The molecule has 3 nitrogen and oxygen atoms in total. The van der Waals surface area contributed by atoms with Gasteiger partial charge in [0, 0.05) is 44.4 Å². The second-order valence-corrected chi connectivity index (χ2v) is 3.36. The molecule has 0 fully saturated rings. The van der Waals surface area contributed by atoms with Crippen molar-refractivity contribution in [1.82, 2.24) is 0 Å². The molecule has 0 aliphatic heterocycles. The van der Waals surface area contributed by atoms with Gasteiger partial charge < -0.3 is 10.2 Å². The van der Waals surface area contributed by atoms with E-state index < -0.39 is 0 Å². The van der Waals surface area contributed by atoms with Crippen LogP contribution in [0.2, 0.25) is 0 Å². The van der Waals surface area contributed by atoms with Gasteiger partial charge in [-0.15, -0.1) is 11.6 Å². The summed E-state index contributed by atoms with van der Waals surface area (Å²) in [6.07, 6.45) is 0. The predicted molar refractivity (Wildman–Crippen MR) is 55.2 cm³/mol. The number of hydrogen-bond donors (Lipinski definition) is 1. The number of aryl methyl sites for hydroxylation is 2. The van der Waals surface area contributed by atoms with E-state index in [9.17, 15) is 4.79 Å². The maximum Gasteiger partial charge on any atom is 0.333 e. The number of benzene rings is 1. The Balaban J connectivity index is 0.00000112. The summed E-state index contributed by atoms with van der Waals surface area (Å²) in [5, 5.41) is 0.885. The van der Waals surface area contributed by atoms with E-state index in [1.165, 1.54) is 6.07 Å². The third-order valence-corrected chi connectivity index (χ3v) is 2.24. The van der Waals surface area contributed by atoms with Gasteiger partial charge in [0.25, 0.3) is 0 Å². The molecule has 0 amide bonds. The van der Waals surface area contributed by atoms with Gasteiger partial charge in [0.15, 0.2) is 0 Å². The van der Waals surface area contributed by atoms with Crippen molar-refractivity contribution in [2.24, 2.45) is 0 Å². The van der Waals surface area contributed by atoms with Crippen molar-refractivity contribution in [3.8, 4) is 0 Å². The SMILES string of the molecule is Cc1cc2c(C)cc(=O)oc2[c-]c1N.[Y]. The molecule has 1 heterocycles. The standard InChI is InChI=1S/C11H10NO2.Y/c1-6-4-11(13)14-10-5-9(12)7(2)3-8(6)10;/h3-4H,12H2,1-2H3;/q-1;. The maximum atomic E-state index is 11.1. The molecule has 2 N–H and O–H groups in total. The van der Waals surface area contributed by atoms with Crippen LogP contribution in [0, 0.1) is 19.9 Å². The van der Waals surface area contributed by atoms with Crippen molar-refractivity contribution in [2.45, 2.75) is 13.8 Å². The first-order valence-corrected chi connectivity index (χ1v) is 4.31. The Bertz CT molecular complexity index is 560. The number of hydrogen-bond acceptors (Lipinski definition) is 3. The summed E-state index contributed by atoms with van der Waals surface area (Å²) < 4.78 is 4.99. The third kappa shape index (κ3) is 2.29. The molecule has 0 bridgehead atoms. The van der Waals surface area contributed by atoms with Crippen molar-refractivity contribution in [3.05, 3.63) is 39.7 Å². The number of rotatable bonds is 0. The Morgan fingerprint density at radius 3 is 2.60 bits per heavy atom. The summed E-state index contributed by atoms with van der Waals surface area (Å²) in [5.74, 6) is 0. The number of nitrogen functional groups attached to an aromatic ring is 1. The van der Waals surface area contributed by atoms with E-state index in [2.05, 4.69) is 6.07 Å². The molecule has 0 atom stereocenters. The molecular weight excluding hydrogens is 267 g/mol. The van der Waals surface area contributed by atoms with Crippen LogP contribution in [-0.2, 0) is 32.7 Å². The van der Waals surface area contributed by atoms with E-state index in [1.807, 2.05) is 19.9 Å². The molecular formula is C11H10NO2Y-. The van der Waals surface area contributed by atoms with Crippen LogP contribution in [0.3, 0.4) is 0 Å². The molecule has 1 aromatic carbocycles. The minimum atomic E-state index is -0.366. The van der Waals surface area contributed by atoms with Gasteiger partial charge in [0.1, 0.15) is 0 Å². The number of anilines is 1. The predicted octanol–water partition coefficient (Wildman–Crippen LogP) is 1.79. The van der Waals surface area contributed by atoms with E-state index >= 15 is 0 Å². The summed E-state index contributed by atoms with van der Waals surface area (Å²) in [7, 11) is 0. The van der Waals surface area contributed by atoms with Crippen LogP contribution >= 0.6 is 0 Å². The molecule has 0 aliphatic carbocycles. The molecule has 0 saturated heterocycles. The van der Waals surface area contributed by atoms with Crippen LogP contribution < -0.4 is 11.4 Å². The zero-order valence-corrected chi connectivity index (χ0v) is 11.5. The first-order valence-electron chi connectivity index (χ1n) is 4.31. The van der Waals surface area contributed by atoms with Gasteiger partial charge in [0.2, 0.25) is 0 Å². The first kappa shape index (κ1) is 12.4. The summed E-state index contributed by atoms with van der Waals surface area (Å²) in [5.41, 5.74) is 8.07. The number of fused-ring (bicyclic) bond motifs is 1. The Morgan fingerprint density at radius 2 is 1.93 bits per heavy atom. The van der Waals surface area contributed by atoms with Gasteiger partial charge >= 0.3 is 5.63 Å². The molecule has 1 aromatic heterocycles. The molecule has 0 aliphatic rings. The Labute approximate surface area is 113 Å². The number of nitrogens with two attached hydrogens (primary N) is 1. The molecule has 1 radical (unpaired) electrons. The third-order valence-electron chi connectivity index (χ3n) is 2.24. The Morgan fingerprint density at radius 1 is 1.27 bits per heavy atom. The zero-order valence-electron chi connectivity index (χ0n) is 8.63. The average Bonchev–Trinajstić information content (AvgIpc) is 2.08. The van der Waals surface area contributed by atoms with Gasteiger partial charge in [-0.25, -0.2) is 4.79 Å². The summed E-state index contributed by atoms with van der Waals surface area (Å²) in [6.45, 7) is 3.76. The fourth-order valence-corrected chi connectivity index (χ4v) is 1.41. The Kier molecular flexibility index (Phi) is 3.69. The second kappa shape index (κ2) is 4.46. The van der Waals surface area contributed by atoms with E-state index in [4.69, 9.17) is 10.2 Å². The van der Waals surface area contributed by atoms with Crippen LogP contribution in [0.25, 0.3) is 11.0 Å². The monoisotopic (exact) mass is 277 g/mol. The van der Waals surface area contributed by atoms with Gasteiger partial charge in [-0.05, 0) is 0 Å². The van der Waals surface area contributed by atoms with E-state index in [-0.39, 0.29) is 38.3 Å². The fraction of sp³-hybridized carbons (Fsp3) is 0.182. The van der Waals surface area contributed by atoms with Gasteiger partial charge in [-0.3, -0.25) is 0 Å². The molecule has 15 heavy (non-hydrogen) atoms. The van der Waals surface area contributed by atoms with Crippen LogP contribution in [0.1, 0.15) is 11.1 Å². The molecule has 2 aromatic rings. The second-order valence-electron chi connectivity index (χ2n) is 3.36. The molecule has 4 heteroatoms. The largest absolute Gasteiger partial charge is 0.450 e. The molecule has 2 rings (SSSR count). The van der Waals surface area contributed by atoms with Gasteiger partial charge in [-0.1, -0.05) is 30.5 Å². The van der Waals surface area contributed by atoms with Crippen LogP contribution in [0.5, 0.6) is 0 Å². The van der Waals surface area contributed by atoms with Crippen LogP contribution in [0.4, 0.5) is 5.69 Å². The molecule has 0 saturated carbocycles. The van der Waals surface area contributed by atoms with Gasteiger partial charge in [-0.2, -0.15) is 6.07 Å². The summed E-state index contributed by atoms with van der Waals surface area (Å²) in [4.78, 5) is 11.1. The maximum absolute atomic E-state index is 11.1. The van der Waals surface area contributed by atoms with Crippen molar-refractivity contribution in [2.75, 3.05) is 5.73 Å². The van der Waals surface area contributed by atoms with Crippen molar-refractivity contribution in [1.29, 1.82) is 0 Å². The first-order chi connectivity index (χ1) is 6.58. The van der Waals surface area contributed by atoms with Crippen molar-refractivity contribution >= 4 is 16.7 Å². The average molecular weight is 277 g/mol. The van der Waals surface area contributed by atoms with Crippen molar-refractivity contribution < 1.29 is 37.1 Å². The minimum Gasteiger partial charge on any atom is -0.450 e. The fourth-order valence-electron chi connectivity index (χ4n) is 1.41. The normalized spacial score (nSPS) is 10.0. The summed E-state index contributed by atoms with van der Waals surface area (Å²) in [6, 6.07) is 6.22. The summed E-state index contributed by atoms with van der Waals surface area (Å²) >= 11 is 0. The van der Waals surface area contributed by atoms with Crippen molar-refractivity contribution in [3.63, 3.8) is 0 Å². The zero-order chi connectivity index (χ0) is 10.3. The molecule has 75 valence electrons. The van der Waals surface area contributed by atoms with E-state index in [0.717, 1.165) is 16.5 Å². The quantitative estimate of drug-likeness (QED) is 0.454. The molecule has 0 spiro atoms. The van der Waals surface area contributed by atoms with E-state index in [0.29, 0.717) is 11.3 Å². The Hall–Kier alpha value is -0.666. The van der Waals surface area contributed by atoms with E-state index in [1.54, 1.807) is 0 Å².